The molecule has 0 bridgehead atoms. The highest BCUT2D eigenvalue weighted by atomic mass is 14.9. The fraction of sp³-hybridized carbons (Fsp3) is 0.286. The lowest BCUT2D eigenvalue weighted by Gasteiger charge is -2.13. The van der Waals surface area contributed by atoms with Gasteiger partial charge in [0.15, 0.2) is 6.20 Å². The Hall–Kier alpha value is -2.15. The van der Waals surface area contributed by atoms with Gasteiger partial charge in [0, 0.05) is 6.07 Å². The van der Waals surface area contributed by atoms with Gasteiger partial charge in [0.25, 0.3) is 0 Å². The van der Waals surface area contributed by atoms with Crippen LogP contribution in [0.5, 0.6) is 0 Å². The van der Waals surface area contributed by atoms with Gasteiger partial charge >= 0.3 is 0 Å². The van der Waals surface area contributed by atoms with Crippen molar-refractivity contribution < 1.29 is 4.57 Å². The minimum absolute atomic E-state index is 1.08. The fourth-order valence-corrected chi connectivity index (χ4v) is 3.36. The third-order valence-corrected chi connectivity index (χ3v) is 4.59. The normalized spacial score (nSPS) is 11.1. The molecule has 0 radical (unpaired) electrons. The lowest BCUT2D eigenvalue weighted by Crippen LogP contribution is -2.30. The molecule has 0 N–H and O–H groups in total. The molecule has 1 heteroatoms. The van der Waals surface area contributed by atoms with Crippen molar-refractivity contribution in [1.29, 1.82) is 0 Å². The van der Waals surface area contributed by atoms with Gasteiger partial charge in [0.2, 0.25) is 5.69 Å². The maximum Gasteiger partial charge on any atom is 0.220 e. The Morgan fingerprint density at radius 3 is 2.41 bits per heavy atom. The van der Waals surface area contributed by atoms with Crippen LogP contribution in [0.3, 0.4) is 0 Å². The van der Waals surface area contributed by atoms with Crippen LogP contribution in [0.2, 0.25) is 0 Å². The SMILES string of the molecule is CCc1cc(C)cc(-c2c3cc(C)ccc3cc[n+]2C)c1C. The van der Waals surface area contributed by atoms with Crippen LogP contribution in [0, 0.1) is 20.8 Å². The molecule has 3 rings (SSSR count). The maximum absolute atomic E-state index is 2.32. The van der Waals surface area contributed by atoms with Crippen LogP contribution < -0.4 is 4.57 Å². The van der Waals surface area contributed by atoms with Gasteiger partial charge in [-0.15, -0.1) is 0 Å². The molecule has 0 atom stereocenters. The van der Waals surface area contributed by atoms with Crippen molar-refractivity contribution in [3.8, 4) is 11.3 Å². The van der Waals surface area contributed by atoms with E-state index in [9.17, 15) is 0 Å². The Morgan fingerprint density at radius 2 is 1.68 bits per heavy atom. The molecular formula is C21H24N+. The van der Waals surface area contributed by atoms with E-state index in [1.807, 2.05) is 0 Å². The zero-order valence-corrected chi connectivity index (χ0v) is 14.2. The molecule has 1 aromatic heterocycles. The number of benzene rings is 2. The van der Waals surface area contributed by atoms with Crippen LogP contribution in [-0.4, -0.2) is 0 Å². The van der Waals surface area contributed by atoms with Crippen molar-refractivity contribution in [1.82, 2.24) is 0 Å². The van der Waals surface area contributed by atoms with Gasteiger partial charge in [0.05, 0.1) is 10.9 Å². The van der Waals surface area contributed by atoms with Crippen molar-refractivity contribution in [2.75, 3.05) is 0 Å². The smallest absolute Gasteiger partial charge is 0.200 e. The summed E-state index contributed by atoms with van der Waals surface area (Å²) in [5, 5.41) is 2.64. The number of aromatic nitrogens is 1. The second-order valence-electron chi connectivity index (χ2n) is 6.32. The lowest BCUT2D eigenvalue weighted by molar-refractivity contribution is -0.659. The second-order valence-corrected chi connectivity index (χ2v) is 6.32. The Bertz CT molecular complexity index is 854. The van der Waals surface area contributed by atoms with Crippen molar-refractivity contribution in [2.45, 2.75) is 34.1 Å². The number of rotatable bonds is 2. The van der Waals surface area contributed by atoms with Crippen LogP contribution in [0.15, 0.2) is 42.6 Å². The van der Waals surface area contributed by atoms with E-state index in [4.69, 9.17) is 0 Å². The number of hydrogen-bond acceptors (Lipinski definition) is 0. The van der Waals surface area contributed by atoms with E-state index in [0.717, 1.165) is 6.42 Å². The lowest BCUT2D eigenvalue weighted by atomic mass is 9.92. The quantitative estimate of drug-likeness (QED) is 0.596. The first-order valence-electron chi connectivity index (χ1n) is 8.00. The molecule has 22 heavy (non-hydrogen) atoms. The third kappa shape index (κ3) is 2.41. The summed E-state index contributed by atoms with van der Waals surface area (Å²) in [6, 6.07) is 13.6. The van der Waals surface area contributed by atoms with Crippen LogP contribution in [-0.2, 0) is 13.5 Å². The summed E-state index contributed by atoms with van der Waals surface area (Å²) in [6.45, 7) is 8.84. The van der Waals surface area contributed by atoms with Crippen LogP contribution in [0.25, 0.3) is 22.0 Å². The number of nitrogens with zero attached hydrogens (tertiary/aromatic N) is 1. The third-order valence-electron chi connectivity index (χ3n) is 4.59. The molecule has 0 aliphatic heterocycles. The van der Waals surface area contributed by atoms with E-state index in [0.29, 0.717) is 0 Å². The van der Waals surface area contributed by atoms with E-state index < -0.39 is 0 Å². The summed E-state index contributed by atoms with van der Waals surface area (Å²) in [4.78, 5) is 0. The number of fused-ring (bicyclic) bond motifs is 1. The highest BCUT2D eigenvalue weighted by molar-refractivity contribution is 5.94. The Balaban J connectivity index is 2.42. The van der Waals surface area contributed by atoms with Gasteiger partial charge in [-0.1, -0.05) is 30.7 Å². The monoisotopic (exact) mass is 290 g/mol. The molecule has 1 heterocycles. The predicted octanol–water partition coefficient (Wildman–Crippen LogP) is 4.82. The highest BCUT2D eigenvalue weighted by Gasteiger charge is 2.18. The van der Waals surface area contributed by atoms with Crippen molar-refractivity contribution in [3.05, 3.63) is 64.8 Å². The summed E-state index contributed by atoms with van der Waals surface area (Å²) in [6.07, 6.45) is 3.24. The summed E-state index contributed by atoms with van der Waals surface area (Å²) >= 11 is 0. The van der Waals surface area contributed by atoms with E-state index in [1.165, 1.54) is 44.3 Å². The van der Waals surface area contributed by atoms with Crippen LogP contribution in [0.1, 0.15) is 29.2 Å². The Morgan fingerprint density at radius 1 is 0.909 bits per heavy atom. The van der Waals surface area contributed by atoms with E-state index in [-0.39, 0.29) is 0 Å². The molecule has 3 aromatic rings. The zero-order valence-electron chi connectivity index (χ0n) is 14.2. The van der Waals surface area contributed by atoms with Crippen LogP contribution >= 0.6 is 0 Å². The molecule has 0 amide bonds. The first-order valence-corrected chi connectivity index (χ1v) is 8.00. The molecule has 0 aliphatic rings. The molecule has 0 aliphatic carbocycles. The Labute approximate surface area is 133 Å². The number of pyridine rings is 1. The van der Waals surface area contributed by atoms with E-state index >= 15 is 0 Å². The molecule has 0 saturated heterocycles. The zero-order chi connectivity index (χ0) is 15.9. The Kier molecular flexibility index (Phi) is 3.74. The average Bonchev–Trinajstić information content (AvgIpc) is 2.49. The highest BCUT2D eigenvalue weighted by Crippen LogP contribution is 2.31. The van der Waals surface area contributed by atoms with Gasteiger partial charge in [0.1, 0.15) is 7.05 Å². The summed E-state index contributed by atoms with van der Waals surface area (Å²) in [5.41, 5.74) is 8.16. The summed E-state index contributed by atoms with van der Waals surface area (Å²) in [5.74, 6) is 0. The van der Waals surface area contributed by atoms with Gasteiger partial charge in [-0.05, 0) is 61.4 Å². The molecule has 1 nitrogen and oxygen atoms in total. The van der Waals surface area contributed by atoms with Crippen molar-refractivity contribution in [2.24, 2.45) is 7.05 Å². The van der Waals surface area contributed by atoms with Gasteiger partial charge < -0.3 is 0 Å². The molecule has 0 fully saturated rings. The number of aryl methyl sites for hydroxylation is 4. The molecule has 0 spiro atoms. The molecule has 2 aromatic carbocycles. The minimum atomic E-state index is 1.08. The van der Waals surface area contributed by atoms with Crippen LogP contribution in [0.4, 0.5) is 0 Å². The molecular weight excluding hydrogens is 266 g/mol. The molecule has 112 valence electrons. The van der Waals surface area contributed by atoms with E-state index in [2.05, 4.69) is 81.9 Å². The molecule has 0 saturated carbocycles. The van der Waals surface area contributed by atoms with E-state index in [1.54, 1.807) is 0 Å². The topological polar surface area (TPSA) is 3.88 Å². The first kappa shape index (κ1) is 14.8. The van der Waals surface area contributed by atoms with Gasteiger partial charge in [-0.3, -0.25) is 0 Å². The van der Waals surface area contributed by atoms with Crippen molar-refractivity contribution in [3.63, 3.8) is 0 Å². The summed E-state index contributed by atoms with van der Waals surface area (Å²) < 4.78 is 2.25. The standard InChI is InChI=1S/C21H24N/c1-6-17-11-15(3)13-19(16(17)4)21-20-12-14(2)7-8-18(20)9-10-22(21)5/h7-13H,6H2,1-5H3/q+1. The van der Waals surface area contributed by atoms with Crippen molar-refractivity contribution >= 4 is 10.8 Å². The maximum atomic E-state index is 2.32. The predicted molar refractivity (Wildman–Crippen MR) is 94.1 cm³/mol. The second kappa shape index (κ2) is 5.57. The summed E-state index contributed by atoms with van der Waals surface area (Å²) in [7, 11) is 2.14. The first-order chi connectivity index (χ1) is 10.5. The average molecular weight is 290 g/mol. The fourth-order valence-electron chi connectivity index (χ4n) is 3.36. The minimum Gasteiger partial charge on any atom is -0.200 e. The van der Waals surface area contributed by atoms with Gasteiger partial charge in [-0.2, -0.15) is 0 Å². The molecule has 0 unspecified atom stereocenters. The van der Waals surface area contributed by atoms with Gasteiger partial charge in [-0.25, -0.2) is 4.57 Å². The number of hydrogen-bond donors (Lipinski definition) is 0. The largest absolute Gasteiger partial charge is 0.220 e.